The van der Waals surface area contributed by atoms with E-state index >= 15 is 0 Å². The smallest absolute Gasteiger partial charge is 0.313 e. The normalized spacial score (nSPS) is 24.0. The van der Waals surface area contributed by atoms with Crippen LogP contribution in [0.2, 0.25) is 5.02 Å². The topological polar surface area (TPSA) is 131 Å². The Morgan fingerprint density at radius 2 is 1.83 bits per heavy atom. The number of hydrazone groups is 1. The fourth-order valence-corrected chi connectivity index (χ4v) is 5.20. The van der Waals surface area contributed by atoms with E-state index in [2.05, 4.69) is 10.4 Å². The van der Waals surface area contributed by atoms with Gasteiger partial charge in [0, 0.05) is 22.3 Å². The number of nitro benzene ring substituents is 1. The molecule has 0 aromatic heterocycles. The number of carbonyl (C=O) groups is 3. The first-order valence-corrected chi connectivity index (χ1v) is 11.4. The molecule has 1 saturated carbocycles. The Hall–Kier alpha value is -4.12. The van der Waals surface area contributed by atoms with Gasteiger partial charge in [0.05, 0.1) is 23.0 Å². The molecule has 0 unspecified atom stereocenters. The fraction of sp³-hybridized carbons (Fsp3) is 0.250. The maximum Gasteiger partial charge on any atom is 0.313 e. The Labute approximate surface area is 208 Å². The summed E-state index contributed by atoms with van der Waals surface area (Å²) >= 11 is 6.04. The van der Waals surface area contributed by atoms with Gasteiger partial charge in [-0.15, -0.1) is 0 Å². The number of nitrogens with zero attached hydrogens (tertiary/aromatic N) is 3. The molecular weight excluding hydrogens is 495 g/mol. The Bertz CT molecular complexity index is 1310. The van der Waals surface area contributed by atoms with Gasteiger partial charge in [0.1, 0.15) is 5.82 Å². The summed E-state index contributed by atoms with van der Waals surface area (Å²) in [5, 5.41) is 18.9. The molecule has 0 radical (unpaired) electrons. The number of amides is 3. The van der Waals surface area contributed by atoms with Crippen molar-refractivity contribution in [2.24, 2.45) is 28.8 Å². The third kappa shape index (κ3) is 4.22. The maximum absolute atomic E-state index is 13.1. The minimum atomic E-state index is -0.740. The van der Waals surface area contributed by atoms with Gasteiger partial charge >= 0.3 is 5.69 Å². The van der Waals surface area contributed by atoms with Crippen molar-refractivity contribution in [3.05, 3.63) is 75.1 Å². The van der Waals surface area contributed by atoms with Crippen LogP contribution in [0, 0.1) is 39.6 Å². The van der Waals surface area contributed by atoms with Crippen molar-refractivity contribution in [1.29, 1.82) is 0 Å². The highest BCUT2D eigenvalue weighted by Crippen LogP contribution is 2.52. The van der Waals surface area contributed by atoms with Crippen molar-refractivity contribution in [3.63, 3.8) is 0 Å². The Kier molecular flexibility index (Phi) is 6.00. The second-order valence-electron chi connectivity index (χ2n) is 8.68. The number of allylic oxidation sites excluding steroid dienone is 2. The predicted molar refractivity (Wildman–Crippen MR) is 126 cm³/mol. The first kappa shape index (κ1) is 23.6. The lowest BCUT2D eigenvalue weighted by Crippen LogP contribution is -2.28. The number of carbonyl (C=O) groups excluding carboxylic acids is 3. The van der Waals surface area contributed by atoms with Gasteiger partial charge in [0.2, 0.25) is 5.75 Å². The molecule has 36 heavy (non-hydrogen) atoms. The van der Waals surface area contributed by atoms with Crippen molar-refractivity contribution in [1.82, 2.24) is 5.01 Å². The molecule has 12 heteroatoms. The minimum Gasteiger partial charge on any atom is -0.476 e. The molecule has 1 aliphatic heterocycles. The predicted octanol–water partition coefficient (Wildman–Crippen LogP) is 3.55. The van der Waals surface area contributed by atoms with Crippen LogP contribution in [0.15, 0.2) is 53.7 Å². The molecule has 1 N–H and O–H groups in total. The summed E-state index contributed by atoms with van der Waals surface area (Å²) in [7, 11) is 0. The molecule has 2 aromatic carbocycles. The van der Waals surface area contributed by atoms with E-state index in [1.54, 1.807) is 0 Å². The molecule has 5 rings (SSSR count). The van der Waals surface area contributed by atoms with E-state index < -0.39 is 52.6 Å². The Morgan fingerprint density at radius 3 is 2.44 bits per heavy atom. The third-order valence-electron chi connectivity index (χ3n) is 6.49. The lowest BCUT2D eigenvalue weighted by atomic mass is 9.85. The quantitative estimate of drug-likeness (QED) is 0.198. The summed E-state index contributed by atoms with van der Waals surface area (Å²) in [4.78, 5) is 48.9. The highest BCUT2D eigenvalue weighted by molar-refractivity contribution is 6.31. The third-order valence-corrected chi connectivity index (χ3v) is 6.71. The van der Waals surface area contributed by atoms with E-state index in [4.69, 9.17) is 16.3 Å². The van der Waals surface area contributed by atoms with Gasteiger partial charge in [-0.2, -0.15) is 10.1 Å². The molecule has 2 bridgehead atoms. The number of ether oxygens (including phenoxy) is 1. The zero-order valence-electron chi connectivity index (χ0n) is 18.5. The summed E-state index contributed by atoms with van der Waals surface area (Å²) in [5.41, 5.74) is -0.225. The summed E-state index contributed by atoms with van der Waals surface area (Å²) in [6.07, 6.45) is 5.75. The maximum atomic E-state index is 13.1. The monoisotopic (exact) mass is 512 g/mol. The number of imide groups is 1. The molecular formula is C24H18ClFN4O6. The number of hydrogen-bond acceptors (Lipinski definition) is 7. The summed E-state index contributed by atoms with van der Waals surface area (Å²) in [6.45, 7) is -0.624. The van der Waals surface area contributed by atoms with Crippen molar-refractivity contribution in [3.8, 4) is 5.75 Å². The van der Waals surface area contributed by atoms with Crippen molar-refractivity contribution >= 4 is 46.9 Å². The van der Waals surface area contributed by atoms with Crippen LogP contribution in [0.3, 0.4) is 0 Å². The molecule has 2 fully saturated rings. The molecule has 3 aliphatic rings. The summed E-state index contributed by atoms with van der Waals surface area (Å²) in [5.74, 6) is -3.20. The second kappa shape index (κ2) is 9.15. The highest BCUT2D eigenvalue weighted by atomic mass is 35.5. The van der Waals surface area contributed by atoms with Crippen LogP contribution < -0.4 is 10.1 Å². The van der Waals surface area contributed by atoms with E-state index in [-0.39, 0.29) is 28.2 Å². The molecule has 3 amide bonds. The van der Waals surface area contributed by atoms with E-state index in [0.717, 1.165) is 35.8 Å². The van der Waals surface area contributed by atoms with Gasteiger partial charge < -0.3 is 10.1 Å². The molecule has 1 heterocycles. The molecule has 184 valence electrons. The molecule has 1 saturated heterocycles. The summed E-state index contributed by atoms with van der Waals surface area (Å²) < 4.78 is 18.5. The van der Waals surface area contributed by atoms with Crippen molar-refractivity contribution in [2.45, 2.75) is 6.42 Å². The number of halogens is 2. The van der Waals surface area contributed by atoms with E-state index in [1.165, 1.54) is 18.2 Å². The zero-order chi connectivity index (χ0) is 25.6. The van der Waals surface area contributed by atoms with Gasteiger partial charge in [-0.05, 0) is 48.6 Å². The largest absolute Gasteiger partial charge is 0.476 e. The van der Waals surface area contributed by atoms with Crippen LogP contribution in [0.25, 0.3) is 0 Å². The number of nitro groups is 1. The molecule has 4 atom stereocenters. The summed E-state index contributed by atoms with van der Waals surface area (Å²) in [6, 6.07) is 7.36. The van der Waals surface area contributed by atoms with Crippen LogP contribution >= 0.6 is 11.6 Å². The number of hydrogen-bond donors (Lipinski definition) is 1. The van der Waals surface area contributed by atoms with Crippen LogP contribution in [-0.4, -0.2) is 40.5 Å². The van der Waals surface area contributed by atoms with E-state index in [1.807, 2.05) is 12.2 Å². The first-order valence-electron chi connectivity index (χ1n) is 11.0. The van der Waals surface area contributed by atoms with Crippen molar-refractivity contribution in [2.75, 3.05) is 11.9 Å². The van der Waals surface area contributed by atoms with E-state index in [9.17, 15) is 28.9 Å². The van der Waals surface area contributed by atoms with Gasteiger partial charge in [0.25, 0.3) is 17.7 Å². The molecule has 0 spiro atoms. The van der Waals surface area contributed by atoms with Crippen LogP contribution in [-0.2, 0) is 14.4 Å². The Balaban J connectivity index is 1.37. The van der Waals surface area contributed by atoms with Crippen molar-refractivity contribution < 1.29 is 28.4 Å². The molecule has 10 nitrogen and oxygen atoms in total. The zero-order valence-corrected chi connectivity index (χ0v) is 19.2. The SMILES string of the molecule is O=C(COc1c(C=NN2C(=O)[C@@H]3[C@H](C2=O)[C@H]2C=C[C@H]3C2)cc(Cl)cc1[N+](=O)[O-])Nc1ccc(F)cc1. The van der Waals surface area contributed by atoms with Crippen LogP contribution in [0.4, 0.5) is 15.8 Å². The minimum absolute atomic E-state index is 0.00224. The average Bonchev–Trinajstić information content (AvgIpc) is 3.52. The average molecular weight is 513 g/mol. The van der Waals surface area contributed by atoms with Gasteiger partial charge in [-0.3, -0.25) is 24.5 Å². The Morgan fingerprint density at radius 1 is 1.19 bits per heavy atom. The van der Waals surface area contributed by atoms with Crippen LogP contribution in [0.5, 0.6) is 5.75 Å². The number of rotatable bonds is 7. The lowest BCUT2D eigenvalue weighted by Gasteiger charge is -2.13. The van der Waals surface area contributed by atoms with Gasteiger partial charge in [0.15, 0.2) is 6.61 Å². The fourth-order valence-electron chi connectivity index (χ4n) is 4.98. The van der Waals surface area contributed by atoms with Gasteiger partial charge in [-0.1, -0.05) is 23.8 Å². The standard InChI is InChI=1S/C24H18ClFN4O6/c25-15-8-14(10-27-29-23(32)20-12-1-2-13(7-12)21(20)24(29)33)22(18(9-15)30(34)35)36-11-19(31)28-17-5-3-16(26)4-6-17/h1-6,8-10,12-13,20-21H,7,11H2,(H,28,31)/t12-,13-,20-,21+/m0/s1. The molecule has 2 aliphatic carbocycles. The van der Waals surface area contributed by atoms with E-state index in [0.29, 0.717) is 5.69 Å². The number of nitrogens with one attached hydrogen (secondary N) is 1. The number of benzene rings is 2. The number of fused-ring (bicyclic) bond motifs is 5. The van der Waals surface area contributed by atoms with Crippen LogP contribution in [0.1, 0.15) is 12.0 Å². The molecule has 2 aromatic rings. The van der Waals surface area contributed by atoms with Gasteiger partial charge in [-0.25, -0.2) is 4.39 Å². The first-order chi connectivity index (χ1) is 17.2. The highest BCUT2D eigenvalue weighted by Gasteiger charge is 2.59. The number of anilines is 1. The lowest BCUT2D eigenvalue weighted by molar-refractivity contribution is -0.385. The second-order valence-corrected chi connectivity index (χ2v) is 9.11.